The molecule has 6 heteroatoms. The summed E-state index contributed by atoms with van der Waals surface area (Å²) >= 11 is 5.93. The van der Waals surface area contributed by atoms with Gasteiger partial charge in [-0.25, -0.2) is 0 Å². The molecule has 0 aliphatic carbocycles. The van der Waals surface area contributed by atoms with E-state index in [9.17, 15) is 4.79 Å². The van der Waals surface area contributed by atoms with E-state index in [1.165, 1.54) is 6.08 Å². The van der Waals surface area contributed by atoms with Crippen molar-refractivity contribution in [2.24, 2.45) is 0 Å². The first kappa shape index (κ1) is 20.3. The standard InChI is InChI=1S/C24H24ClN3O2/c1-27-14-16-28(17-15-27)22-5-3-2-4-21(22)26-24(29)13-11-20-10-12-23(30-20)18-6-8-19(25)9-7-18/h2-13H,14-17H2,1H3,(H,26,29). The molecule has 154 valence electrons. The number of rotatable bonds is 5. The fourth-order valence-electron chi connectivity index (χ4n) is 3.45. The summed E-state index contributed by atoms with van der Waals surface area (Å²) in [6.45, 7) is 3.91. The highest BCUT2D eigenvalue weighted by atomic mass is 35.5. The maximum atomic E-state index is 12.5. The fraction of sp³-hybridized carbons (Fsp3) is 0.208. The largest absolute Gasteiger partial charge is 0.457 e. The molecule has 3 aromatic rings. The highest BCUT2D eigenvalue weighted by molar-refractivity contribution is 6.30. The molecule has 0 atom stereocenters. The van der Waals surface area contributed by atoms with Crippen LogP contribution in [0.15, 0.2) is 71.2 Å². The Morgan fingerprint density at radius 3 is 2.50 bits per heavy atom. The van der Waals surface area contributed by atoms with Crippen LogP contribution in [0.1, 0.15) is 5.76 Å². The van der Waals surface area contributed by atoms with E-state index in [1.807, 2.05) is 54.6 Å². The zero-order chi connectivity index (χ0) is 20.9. The van der Waals surface area contributed by atoms with E-state index in [-0.39, 0.29) is 5.91 Å². The van der Waals surface area contributed by atoms with Crippen LogP contribution in [0.25, 0.3) is 17.4 Å². The number of halogens is 1. The Balaban J connectivity index is 1.42. The Kier molecular flexibility index (Phi) is 6.21. The van der Waals surface area contributed by atoms with Gasteiger partial charge in [-0.05, 0) is 61.7 Å². The van der Waals surface area contributed by atoms with Gasteiger partial charge in [-0.2, -0.15) is 0 Å². The summed E-state index contributed by atoms with van der Waals surface area (Å²) < 4.78 is 5.82. The van der Waals surface area contributed by atoms with E-state index in [2.05, 4.69) is 28.2 Å². The van der Waals surface area contributed by atoms with Crippen LogP contribution in [0, 0.1) is 0 Å². The van der Waals surface area contributed by atoms with Crippen LogP contribution in [0.4, 0.5) is 11.4 Å². The van der Waals surface area contributed by atoms with Crippen LogP contribution in [0.3, 0.4) is 0 Å². The minimum absolute atomic E-state index is 0.193. The molecule has 0 saturated carbocycles. The van der Waals surface area contributed by atoms with E-state index >= 15 is 0 Å². The Labute approximate surface area is 181 Å². The molecular formula is C24H24ClN3O2. The second kappa shape index (κ2) is 9.20. The monoisotopic (exact) mass is 421 g/mol. The number of benzene rings is 2. The van der Waals surface area contributed by atoms with Crippen LogP contribution in [-0.2, 0) is 4.79 Å². The van der Waals surface area contributed by atoms with Gasteiger partial charge < -0.3 is 19.5 Å². The number of hydrogen-bond acceptors (Lipinski definition) is 4. The third kappa shape index (κ3) is 4.93. The molecular weight excluding hydrogens is 398 g/mol. The minimum Gasteiger partial charge on any atom is -0.457 e. The Morgan fingerprint density at radius 1 is 1.00 bits per heavy atom. The van der Waals surface area contributed by atoms with Crippen molar-refractivity contribution < 1.29 is 9.21 Å². The van der Waals surface area contributed by atoms with Crippen molar-refractivity contribution in [3.63, 3.8) is 0 Å². The summed E-state index contributed by atoms with van der Waals surface area (Å²) in [7, 11) is 2.13. The van der Waals surface area contributed by atoms with Gasteiger partial charge in [-0.1, -0.05) is 23.7 Å². The van der Waals surface area contributed by atoms with Crippen molar-refractivity contribution in [1.29, 1.82) is 0 Å². The van der Waals surface area contributed by atoms with Crippen LogP contribution < -0.4 is 10.2 Å². The number of carbonyl (C=O) groups is 1. The predicted octanol–water partition coefficient (Wildman–Crippen LogP) is 5.00. The molecule has 0 bridgehead atoms. The molecule has 2 aromatic carbocycles. The van der Waals surface area contributed by atoms with Crippen molar-refractivity contribution >= 4 is 35.0 Å². The minimum atomic E-state index is -0.193. The highest BCUT2D eigenvalue weighted by Crippen LogP contribution is 2.27. The number of furan rings is 1. The molecule has 5 nitrogen and oxygen atoms in total. The second-order valence-corrected chi connectivity index (χ2v) is 7.78. The van der Waals surface area contributed by atoms with E-state index in [0.717, 1.165) is 48.9 Å². The van der Waals surface area contributed by atoms with Crippen LogP contribution in [0.2, 0.25) is 5.02 Å². The molecule has 1 fully saturated rings. The predicted molar refractivity (Wildman–Crippen MR) is 123 cm³/mol. The molecule has 4 rings (SSSR count). The number of likely N-dealkylation sites (N-methyl/N-ethyl adjacent to an activating group) is 1. The van der Waals surface area contributed by atoms with Crippen LogP contribution in [-0.4, -0.2) is 44.0 Å². The van der Waals surface area contributed by atoms with Gasteiger partial charge in [0, 0.05) is 42.8 Å². The van der Waals surface area contributed by atoms with Crippen molar-refractivity contribution in [3.05, 3.63) is 77.5 Å². The summed E-state index contributed by atoms with van der Waals surface area (Å²) in [6.07, 6.45) is 3.17. The molecule has 2 heterocycles. The van der Waals surface area contributed by atoms with Gasteiger partial charge in [0.1, 0.15) is 11.5 Å². The average Bonchev–Trinajstić information content (AvgIpc) is 3.23. The van der Waals surface area contributed by atoms with Gasteiger partial charge in [-0.3, -0.25) is 4.79 Å². The highest BCUT2D eigenvalue weighted by Gasteiger charge is 2.17. The van der Waals surface area contributed by atoms with Gasteiger partial charge in [0.15, 0.2) is 0 Å². The number of anilines is 2. The quantitative estimate of drug-likeness (QED) is 0.589. The Bertz CT molecular complexity index is 1030. The molecule has 1 aromatic heterocycles. The topological polar surface area (TPSA) is 48.7 Å². The number of piperazine rings is 1. The van der Waals surface area contributed by atoms with Gasteiger partial charge in [0.25, 0.3) is 0 Å². The van der Waals surface area contributed by atoms with Gasteiger partial charge in [0.2, 0.25) is 5.91 Å². The molecule has 1 aliphatic rings. The first-order valence-corrected chi connectivity index (χ1v) is 10.3. The smallest absolute Gasteiger partial charge is 0.248 e. The van der Waals surface area contributed by atoms with E-state index in [1.54, 1.807) is 6.08 Å². The average molecular weight is 422 g/mol. The summed E-state index contributed by atoms with van der Waals surface area (Å²) in [6, 6.07) is 19.1. The Morgan fingerprint density at radius 2 is 1.73 bits per heavy atom. The first-order chi connectivity index (χ1) is 14.6. The number of hydrogen-bond donors (Lipinski definition) is 1. The molecule has 1 amide bonds. The zero-order valence-electron chi connectivity index (χ0n) is 16.8. The molecule has 30 heavy (non-hydrogen) atoms. The first-order valence-electron chi connectivity index (χ1n) is 9.96. The summed E-state index contributed by atoms with van der Waals surface area (Å²) in [5.41, 5.74) is 2.80. The summed E-state index contributed by atoms with van der Waals surface area (Å²) in [5.74, 6) is 1.15. The number of nitrogens with one attached hydrogen (secondary N) is 1. The van der Waals surface area contributed by atoms with E-state index in [4.69, 9.17) is 16.0 Å². The molecule has 0 spiro atoms. The van der Waals surface area contributed by atoms with Gasteiger partial charge in [-0.15, -0.1) is 0 Å². The van der Waals surface area contributed by atoms with Crippen LogP contribution in [0.5, 0.6) is 0 Å². The fourth-order valence-corrected chi connectivity index (χ4v) is 3.57. The third-order valence-corrected chi connectivity index (χ3v) is 5.41. The molecule has 1 saturated heterocycles. The summed E-state index contributed by atoms with van der Waals surface area (Å²) in [4.78, 5) is 17.1. The lowest BCUT2D eigenvalue weighted by Crippen LogP contribution is -2.44. The lowest BCUT2D eigenvalue weighted by atomic mass is 10.2. The SMILES string of the molecule is CN1CCN(c2ccccc2NC(=O)C=Cc2ccc(-c3ccc(Cl)cc3)o2)CC1. The summed E-state index contributed by atoms with van der Waals surface area (Å²) in [5, 5.41) is 3.68. The number of amides is 1. The molecule has 0 radical (unpaired) electrons. The van der Waals surface area contributed by atoms with Crippen molar-refractivity contribution in [2.45, 2.75) is 0 Å². The lowest BCUT2D eigenvalue weighted by Gasteiger charge is -2.35. The Hall–Kier alpha value is -3.02. The lowest BCUT2D eigenvalue weighted by molar-refractivity contribution is -0.111. The van der Waals surface area contributed by atoms with Crippen molar-refractivity contribution in [1.82, 2.24) is 4.90 Å². The van der Waals surface area contributed by atoms with Crippen LogP contribution >= 0.6 is 11.6 Å². The number of carbonyl (C=O) groups excluding carboxylic acids is 1. The number of nitrogens with zero attached hydrogens (tertiary/aromatic N) is 2. The number of para-hydroxylation sites is 2. The molecule has 1 aliphatic heterocycles. The molecule has 1 N–H and O–H groups in total. The van der Waals surface area contributed by atoms with Crippen molar-refractivity contribution in [3.8, 4) is 11.3 Å². The molecule has 0 unspecified atom stereocenters. The van der Waals surface area contributed by atoms with Crippen molar-refractivity contribution in [2.75, 3.05) is 43.4 Å². The van der Waals surface area contributed by atoms with Gasteiger partial charge in [0.05, 0.1) is 11.4 Å². The van der Waals surface area contributed by atoms with Gasteiger partial charge >= 0.3 is 0 Å². The normalized spacial score (nSPS) is 14.9. The zero-order valence-corrected chi connectivity index (χ0v) is 17.6. The van der Waals surface area contributed by atoms with E-state index in [0.29, 0.717) is 10.8 Å². The maximum absolute atomic E-state index is 12.5. The second-order valence-electron chi connectivity index (χ2n) is 7.34. The van der Waals surface area contributed by atoms with E-state index < -0.39 is 0 Å². The third-order valence-electron chi connectivity index (χ3n) is 5.16. The maximum Gasteiger partial charge on any atom is 0.248 e.